The molecule has 1 saturated heterocycles. The van der Waals surface area contributed by atoms with Crippen molar-refractivity contribution in [2.45, 2.75) is 18.9 Å². The van der Waals surface area contributed by atoms with E-state index in [0.717, 1.165) is 42.9 Å². The summed E-state index contributed by atoms with van der Waals surface area (Å²) in [4.78, 5) is 15.2. The molecule has 1 aliphatic heterocycles. The van der Waals surface area contributed by atoms with Gasteiger partial charge in [0, 0.05) is 12.1 Å². The molecule has 2 N–H and O–H groups in total. The van der Waals surface area contributed by atoms with Crippen LogP contribution in [0.3, 0.4) is 0 Å². The first-order valence-corrected chi connectivity index (χ1v) is 10.2. The lowest BCUT2D eigenvalue weighted by atomic mass is 10.0. The molecule has 156 valence electrons. The number of carbonyl (C=O) groups excluding carboxylic acids is 1. The number of carbonyl (C=O) groups is 1. The van der Waals surface area contributed by atoms with E-state index in [1.807, 2.05) is 54.6 Å². The number of hydrogen-bond acceptors (Lipinski definition) is 5. The van der Waals surface area contributed by atoms with Crippen LogP contribution in [0.15, 0.2) is 60.8 Å². The summed E-state index contributed by atoms with van der Waals surface area (Å²) in [5, 5.41) is 17.5. The molecule has 1 unspecified atom stereocenters. The minimum Gasteiger partial charge on any atom is -0.504 e. The number of rotatable bonds is 7. The third-order valence-corrected chi connectivity index (χ3v) is 5.47. The Morgan fingerprint density at radius 1 is 1.13 bits per heavy atom. The van der Waals surface area contributed by atoms with Gasteiger partial charge in [-0.15, -0.1) is 0 Å². The van der Waals surface area contributed by atoms with Crippen molar-refractivity contribution < 1.29 is 14.6 Å². The molecular formula is C23H26N4O3. The number of amides is 1. The third kappa shape index (κ3) is 4.16. The van der Waals surface area contributed by atoms with Crippen molar-refractivity contribution in [3.05, 3.63) is 72.1 Å². The van der Waals surface area contributed by atoms with Gasteiger partial charge in [0.1, 0.15) is 5.75 Å². The van der Waals surface area contributed by atoms with Gasteiger partial charge >= 0.3 is 0 Å². The Morgan fingerprint density at radius 2 is 1.83 bits per heavy atom. The van der Waals surface area contributed by atoms with E-state index in [4.69, 9.17) is 4.74 Å². The van der Waals surface area contributed by atoms with E-state index in [2.05, 4.69) is 15.3 Å². The van der Waals surface area contributed by atoms with Crippen LogP contribution in [0.2, 0.25) is 0 Å². The summed E-state index contributed by atoms with van der Waals surface area (Å²) in [6, 6.07) is 17.3. The van der Waals surface area contributed by atoms with Gasteiger partial charge in [0.2, 0.25) is 0 Å². The fourth-order valence-electron chi connectivity index (χ4n) is 3.94. The molecular weight excluding hydrogens is 380 g/mol. The average Bonchev–Trinajstić information content (AvgIpc) is 3.45. The van der Waals surface area contributed by atoms with E-state index < -0.39 is 5.91 Å². The van der Waals surface area contributed by atoms with Crippen LogP contribution in [-0.4, -0.2) is 52.4 Å². The lowest BCUT2D eigenvalue weighted by Crippen LogP contribution is -2.37. The van der Waals surface area contributed by atoms with Crippen LogP contribution in [0.25, 0.3) is 5.69 Å². The normalized spacial score (nSPS) is 15.1. The molecule has 0 bridgehead atoms. The van der Waals surface area contributed by atoms with E-state index >= 15 is 0 Å². The molecule has 1 aromatic heterocycles. The van der Waals surface area contributed by atoms with Gasteiger partial charge < -0.3 is 15.2 Å². The van der Waals surface area contributed by atoms with Crippen molar-refractivity contribution in [1.82, 2.24) is 20.0 Å². The quantitative estimate of drug-likeness (QED) is 0.630. The molecule has 1 fully saturated rings. The summed E-state index contributed by atoms with van der Waals surface area (Å²) in [7, 11) is 1.66. The summed E-state index contributed by atoms with van der Waals surface area (Å²) < 4.78 is 7.06. The van der Waals surface area contributed by atoms with Crippen molar-refractivity contribution in [1.29, 1.82) is 0 Å². The van der Waals surface area contributed by atoms with Crippen LogP contribution >= 0.6 is 0 Å². The molecule has 1 aliphatic rings. The molecule has 0 saturated carbocycles. The van der Waals surface area contributed by atoms with Gasteiger partial charge in [-0.3, -0.25) is 9.69 Å². The number of para-hydroxylation sites is 2. The van der Waals surface area contributed by atoms with Gasteiger partial charge in [-0.25, -0.2) is 4.68 Å². The first-order chi connectivity index (χ1) is 14.7. The Kier molecular flexibility index (Phi) is 5.99. The topological polar surface area (TPSA) is 79.6 Å². The molecule has 7 nitrogen and oxygen atoms in total. The number of hydrogen-bond donors (Lipinski definition) is 2. The number of likely N-dealkylation sites (tertiary alicyclic amines) is 1. The zero-order chi connectivity index (χ0) is 20.9. The number of methoxy groups -OCH3 is 1. The molecule has 2 aromatic carbocycles. The number of aromatic nitrogens is 2. The standard InChI is InChI=1S/C23H26N4O3/c1-30-21-12-6-5-11-18(21)19(26-13-7-8-14-26)15-24-23(29)22-20(28)16-27(25-22)17-9-3-2-4-10-17/h2-6,9-12,16,19,28H,7-8,13-15H2,1H3,(H,24,29). The lowest BCUT2D eigenvalue weighted by Gasteiger charge is -2.29. The van der Waals surface area contributed by atoms with Crippen molar-refractivity contribution in [2.75, 3.05) is 26.7 Å². The van der Waals surface area contributed by atoms with Crippen LogP contribution in [0.5, 0.6) is 11.5 Å². The minimum atomic E-state index is -0.402. The molecule has 7 heteroatoms. The van der Waals surface area contributed by atoms with Gasteiger partial charge in [-0.2, -0.15) is 5.10 Å². The predicted octanol–water partition coefficient (Wildman–Crippen LogP) is 3.15. The maximum absolute atomic E-state index is 12.8. The Bertz CT molecular complexity index is 997. The molecule has 2 heterocycles. The van der Waals surface area contributed by atoms with Crippen molar-refractivity contribution in [3.63, 3.8) is 0 Å². The zero-order valence-corrected chi connectivity index (χ0v) is 17.0. The van der Waals surface area contributed by atoms with E-state index in [-0.39, 0.29) is 17.5 Å². The Labute approximate surface area is 175 Å². The second-order valence-corrected chi connectivity index (χ2v) is 7.35. The predicted molar refractivity (Wildman–Crippen MR) is 114 cm³/mol. The maximum atomic E-state index is 12.8. The van der Waals surface area contributed by atoms with Crippen LogP contribution < -0.4 is 10.1 Å². The molecule has 3 aromatic rings. The van der Waals surface area contributed by atoms with E-state index in [0.29, 0.717) is 6.54 Å². The number of ether oxygens (including phenoxy) is 1. The molecule has 0 spiro atoms. The van der Waals surface area contributed by atoms with E-state index in [1.54, 1.807) is 7.11 Å². The van der Waals surface area contributed by atoms with Crippen LogP contribution in [-0.2, 0) is 0 Å². The molecule has 0 radical (unpaired) electrons. The number of nitrogens with one attached hydrogen (secondary N) is 1. The second-order valence-electron chi connectivity index (χ2n) is 7.35. The highest BCUT2D eigenvalue weighted by molar-refractivity contribution is 5.94. The first-order valence-electron chi connectivity index (χ1n) is 10.2. The van der Waals surface area contributed by atoms with Gasteiger partial charge in [0.05, 0.1) is 25.0 Å². The largest absolute Gasteiger partial charge is 0.504 e. The van der Waals surface area contributed by atoms with Crippen molar-refractivity contribution >= 4 is 5.91 Å². The summed E-state index contributed by atoms with van der Waals surface area (Å²) in [5.74, 6) is 0.257. The summed E-state index contributed by atoms with van der Waals surface area (Å²) in [5.41, 5.74) is 1.83. The second kappa shape index (κ2) is 9.00. The highest BCUT2D eigenvalue weighted by Gasteiger charge is 2.27. The van der Waals surface area contributed by atoms with Gasteiger partial charge in [-0.05, 0) is 44.1 Å². The van der Waals surface area contributed by atoms with Gasteiger partial charge in [0.15, 0.2) is 11.4 Å². The highest BCUT2D eigenvalue weighted by Crippen LogP contribution is 2.31. The number of benzene rings is 2. The average molecular weight is 406 g/mol. The number of aromatic hydroxyl groups is 1. The third-order valence-electron chi connectivity index (χ3n) is 5.47. The monoisotopic (exact) mass is 406 g/mol. The zero-order valence-electron chi connectivity index (χ0n) is 17.0. The molecule has 30 heavy (non-hydrogen) atoms. The van der Waals surface area contributed by atoms with Gasteiger partial charge in [-0.1, -0.05) is 36.4 Å². The fourth-order valence-corrected chi connectivity index (χ4v) is 3.94. The molecule has 0 aliphatic carbocycles. The van der Waals surface area contributed by atoms with E-state index in [1.165, 1.54) is 10.9 Å². The minimum absolute atomic E-state index is 0.00838. The van der Waals surface area contributed by atoms with Crippen LogP contribution in [0, 0.1) is 0 Å². The smallest absolute Gasteiger partial charge is 0.275 e. The Hall–Kier alpha value is -3.32. The Morgan fingerprint density at radius 3 is 2.57 bits per heavy atom. The lowest BCUT2D eigenvalue weighted by molar-refractivity contribution is 0.0929. The highest BCUT2D eigenvalue weighted by atomic mass is 16.5. The first kappa shape index (κ1) is 20.0. The summed E-state index contributed by atoms with van der Waals surface area (Å²) in [6.45, 7) is 2.36. The van der Waals surface area contributed by atoms with Crippen LogP contribution in [0.1, 0.15) is 34.9 Å². The Balaban J connectivity index is 1.52. The van der Waals surface area contributed by atoms with E-state index in [9.17, 15) is 9.90 Å². The summed E-state index contributed by atoms with van der Waals surface area (Å²) in [6.07, 6.45) is 3.73. The van der Waals surface area contributed by atoms with Crippen molar-refractivity contribution in [3.8, 4) is 17.2 Å². The molecule has 4 rings (SSSR count). The fraction of sp³-hybridized carbons (Fsp3) is 0.304. The molecule has 1 atom stereocenters. The maximum Gasteiger partial charge on any atom is 0.275 e. The number of nitrogens with zero attached hydrogens (tertiary/aromatic N) is 3. The van der Waals surface area contributed by atoms with Gasteiger partial charge in [0.25, 0.3) is 5.91 Å². The summed E-state index contributed by atoms with van der Waals surface area (Å²) >= 11 is 0. The van der Waals surface area contributed by atoms with Crippen molar-refractivity contribution in [2.24, 2.45) is 0 Å². The molecule has 1 amide bonds. The van der Waals surface area contributed by atoms with Crippen LogP contribution in [0.4, 0.5) is 0 Å². The SMILES string of the molecule is COc1ccccc1C(CNC(=O)c1nn(-c2ccccc2)cc1O)N1CCCC1.